The van der Waals surface area contributed by atoms with E-state index in [-0.39, 0.29) is 18.0 Å². The van der Waals surface area contributed by atoms with Gasteiger partial charge < -0.3 is 15.8 Å². The van der Waals surface area contributed by atoms with Crippen LogP contribution in [0.5, 0.6) is 5.75 Å². The Morgan fingerprint density at radius 2 is 2.10 bits per heavy atom. The van der Waals surface area contributed by atoms with Crippen LogP contribution in [0.1, 0.15) is 42.5 Å². The van der Waals surface area contributed by atoms with E-state index in [1.807, 2.05) is 0 Å². The van der Waals surface area contributed by atoms with Crippen molar-refractivity contribution in [3.63, 3.8) is 0 Å². The molecule has 1 amide bonds. The molecular formula is C15H21ClN2O2. The molecule has 0 heterocycles. The van der Waals surface area contributed by atoms with Gasteiger partial charge in [0, 0.05) is 17.1 Å². The quantitative estimate of drug-likeness (QED) is 0.843. The minimum atomic E-state index is -0.174. The molecule has 1 aromatic rings. The summed E-state index contributed by atoms with van der Waals surface area (Å²) in [6, 6.07) is 5.07. The van der Waals surface area contributed by atoms with Crippen molar-refractivity contribution in [3.05, 3.63) is 28.8 Å². The molecule has 1 aromatic carbocycles. The second-order valence-electron chi connectivity index (χ2n) is 5.23. The molecule has 0 aliphatic heterocycles. The summed E-state index contributed by atoms with van der Waals surface area (Å²) < 4.78 is 5.21. The van der Waals surface area contributed by atoms with E-state index in [9.17, 15) is 4.79 Å². The highest BCUT2D eigenvalue weighted by atomic mass is 35.5. The van der Waals surface area contributed by atoms with Crippen LogP contribution in [0.15, 0.2) is 18.2 Å². The summed E-state index contributed by atoms with van der Waals surface area (Å²) in [7, 11) is 1.54. The van der Waals surface area contributed by atoms with Gasteiger partial charge in [0.05, 0.1) is 12.7 Å². The zero-order chi connectivity index (χ0) is 14.5. The summed E-state index contributed by atoms with van der Waals surface area (Å²) in [5.41, 5.74) is 6.59. The van der Waals surface area contributed by atoms with E-state index in [0.717, 1.165) is 25.7 Å². The molecule has 1 fully saturated rings. The van der Waals surface area contributed by atoms with Crippen LogP contribution in [0.2, 0.25) is 5.02 Å². The van der Waals surface area contributed by atoms with Gasteiger partial charge in [-0.1, -0.05) is 30.9 Å². The number of carbonyl (C=O) groups excluding carboxylic acids is 1. The number of carbonyl (C=O) groups is 1. The first-order chi connectivity index (χ1) is 9.61. The van der Waals surface area contributed by atoms with Gasteiger partial charge in [-0.05, 0) is 31.0 Å². The second kappa shape index (κ2) is 6.95. The molecule has 0 saturated heterocycles. The molecule has 2 rings (SSSR count). The fourth-order valence-corrected chi connectivity index (χ4v) is 2.79. The van der Waals surface area contributed by atoms with Crippen molar-refractivity contribution in [1.82, 2.24) is 5.32 Å². The molecule has 5 heteroatoms. The molecule has 0 aromatic heterocycles. The number of rotatable bonds is 3. The number of ether oxygens (including phenoxy) is 1. The van der Waals surface area contributed by atoms with Crippen LogP contribution in [0.25, 0.3) is 0 Å². The summed E-state index contributed by atoms with van der Waals surface area (Å²) in [4.78, 5) is 12.4. The minimum absolute atomic E-state index is 0.0200. The number of halogens is 1. The van der Waals surface area contributed by atoms with Crippen molar-refractivity contribution in [2.75, 3.05) is 7.11 Å². The van der Waals surface area contributed by atoms with Gasteiger partial charge in [-0.3, -0.25) is 4.79 Å². The standard InChI is InChI=1S/C15H21ClN2O2/c1-20-14-8-7-10(16)9-11(14)15(19)18-13-6-4-2-3-5-12(13)17/h7-9,12-13H,2-6,17H2,1H3,(H,18,19). The van der Waals surface area contributed by atoms with Gasteiger partial charge in [-0.2, -0.15) is 0 Å². The summed E-state index contributed by atoms with van der Waals surface area (Å²) in [6.07, 6.45) is 5.30. The Hall–Kier alpha value is -1.26. The van der Waals surface area contributed by atoms with Gasteiger partial charge in [-0.25, -0.2) is 0 Å². The normalized spacial score (nSPS) is 22.9. The van der Waals surface area contributed by atoms with Crippen LogP contribution in [0.3, 0.4) is 0 Å². The molecule has 110 valence electrons. The highest BCUT2D eigenvalue weighted by Gasteiger charge is 2.23. The third kappa shape index (κ3) is 3.64. The highest BCUT2D eigenvalue weighted by molar-refractivity contribution is 6.31. The second-order valence-corrected chi connectivity index (χ2v) is 5.66. The molecule has 2 atom stereocenters. The van der Waals surface area contributed by atoms with Gasteiger partial charge in [-0.15, -0.1) is 0 Å². The predicted molar refractivity (Wildman–Crippen MR) is 80.3 cm³/mol. The summed E-state index contributed by atoms with van der Waals surface area (Å²) in [6.45, 7) is 0. The van der Waals surface area contributed by atoms with Crippen molar-refractivity contribution < 1.29 is 9.53 Å². The lowest BCUT2D eigenvalue weighted by atomic mass is 10.0. The predicted octanol–water partition coefficient (Wildman–Crippen LogP) is 2.74. The molecule has 20 heavy (non-hydrogen) atoms. The van der Waals surface area contributed by atoms with Gasteiger partial charge in [0.2, 0.25) is 0 Å². The number of amides is 1. The SMILES string of the molecule is COc1ccc(Cl)cc1C(=O)NC1CCCCCC1N. The van der Waals surface area contributed by atoms with E-state index < -0.39 is 0 Å². The lowest BCUT2D eigenvalue weighted by Crippen LogP contribution is -2.47. The number of nitrogens with two attached hydrogens (primary N) is 1. The minimum Gasteiger partial charge on any atom is -0.496 e. The molecule has 4 nitrogen and oxygen atoms in total. The monoisotopic (exact) mass is 296 g/mol. The fourth-order valence-electron chi connectivity index (χ4n) is 2.62. The average molecular weight is 297 g/mol. The van der Waals surface area contributed by atoms with Crippen molar-refractivity contribution >= 4 is 17.5 Å². The number of hydrogen-bond acceptors (Lipinski definition) is 3. The van der Waals surface area contributed by atoms with Crippen molar-refractivity contribution in [2.45, 2.75) is 44.2 Å². The first-order valence-corrected chi connectivity index (χ1v) is 7.39. The molecule has 1 aliphatic carbocycles. The number of methoxy groups -OCH3 is 1. The largest absolute Gasteiger partial charge is 0.496 e. The average Bonchev–Trinajstić information content (AvgIpc) is 2.64. The third-order valence-corrected chi connectivity index (χ3v) is 4.03. The first-order valence-electron chi connectivity index (χ1n) is 7.02. The molecule has 0 radical (unpaired) electrons. The van der Waals surface area contributed by atoms with Crippen molar-refractivity contribution in [1.29, 1.82) is 0 Å². The maximum atomic E-state index is 12.4. The Labute approximate surface area is 124 Å². The van der Waals surface area contributed by atoms with E-state index in [2.05, 4.69) is 5.32 Å². The van der Waals surface area contributed by atoms with Crippen molar-refractivity contribution in [3.8, 4) is 5.75 Å². The lowest BCUT2D eigenvalue weighted by Gasteiger charge is -2.23. The fraction of sp³-hybridized carbons (Fsp3) is 0.533. The van der Waals surface area contributed by atoms with Gasteiger partial charge in [0.25, 0.3) is 5.91 Å². The summed E-state index contributed by atoms with van der Waals surface area (Å²) in [5.74, 6) is 0.348. The summed E-state index contributed by atoms with van der Waals surface area (Å²) in [5, 5.41) is 3.54. The Kier molecular flexibility index (Phi) is 5.26. The molecule has 0 bridgehead atoms. The maximum absolute atomic E-state index is 12.4. The van der Waals surface area contributed by atoms with Gasteiger partial charge in [0.1, 0.15) is 5.75 Å². The Balaban J connectivity index is 2.12. The van der Waals surface area contributed by atoms with E-state index in [4.69, 9.17) is 22.1 Å². The Bertz CT molecular complexity index is 479. The zero-order valence-corrected chi connectivity index (χ0v) is 12.5. The Morgan fingerprint density at radius 1 is 1.35 bits per heavy atom. The maximum Gasteiger partial charge on any atom is 0.255 e. The van der Waals surface area contributed by atoms with Crippen LogP contribution < -0.4 is 15.8 Å². The molecule has 3 N–H and O–H groups in total. The molecule has 1 aliphatic rings. The van der Waals surface area contributed by atoms with Crippen molar-refractivity contribution in [2.24, 2.45) is 5.73 Å². The van der Waals surface area contributed by atoms with E-state index in [1.165, 1.54) is 13.5 Å². The zero-order valence-electron chi connectivity index (χ0n) is 11.7. The smallest absolute Gasteiger partial charge is 0.255 e. The first kappa shape index (κ1) is 15.1. The lowest BCUT2D eigenvalue weighted by molar-refractivity contribution is 0.0926. The topological polar surface area (TPSA) is 64.3 Å². The van der Waals surface area contributed by atoms with E-state index >= 15 is 0 Å². The summed E-state index contributed by atoms with van der Waals surface area (Å²) >= 11 is 5.96. The number of nitrogens with one attached hydrogen (secondary N) is 1. The number of hydrogen-bond donors (Lipinski definition) is 2. The van der Waals surface area contributed by atoms with Crippen LogP contribution >= 0.6 is 11.6 Å². The molecule has 1 saturated carbocycles. The molecule has 0 spiro atoms. The van der Waals surface area contributed by atoms with E-state index in [0.29, 0.717) is 16.3 Å². The Morgan fingerprint density at radius 3 is 2.85 bits per heavy atom. The van der Waals surface area contributed by atoms with Gasteiger partial charge >= 0.3 is 0 Å². The van der Waals surface area contributed by atoms with Crippen LogP contribution in [0.4, 0.5) is 0 Å². The number of benzene rings is 1. The van der Waals surface area contributed by atoms with Crippen LogP contribution in [0, 0.1) is 0 Å². The molecule has 2 unspecified atom stereocenters. The van der Waals surface area contributed by atoms with Crippen LogP contribution in [-0.4, -0.2) is 25.1 Å². The highest BCUT2D eigenvalue weighted by Crippen LogP contribution is 2.23. The van der Waals surface area contributed by atoms with Gasteiger partial charge in [0.15, 0.2) is 0 Å². The van der Waals surface area contributed by atoms with Crippen LogP contribution in [-0.2, 0) is 0 Å². The molecular weight excluding hydrogens is 276 g/mol. The third-order valence-electron chi connectivity index (χ3n) is 3.79. The van der Waals surface area contributed by atoms with E-state index in [1.54, 1.807) is 18.2 Å².